The van der Waals surface area contributed by atoms with Crippen LogP contribution in [-0.2, 0) is 9.47 Å². The minimum Gasteiger partial charge on any atom is -0.378 e. The largest absolute Gasteiger partial charge is 0.378 e. The number of nitrogens with two attached hydrogens (primary N) is 2. The summed E-state index contributed by atoms with van der Waals surface area (Å²) in [5.74, 6) is 4.77. The van der Waals surface area contributed by atoms with Gasteiger partial charge in [-0.2, -0.15) is 0 Å². The summed E-state index contributed by atoms with van der Waals surface area (Å²) in [7, 11) is 0. The van der Waals surface area contributed by atoms with Gasteiger partial charge in [-0.15, -0.1) is 0 Å². The van der Waals surface area contributed by atoms with Gasteiger partial charge in [-0.05, 0) is 156 Å². The lowest BCUT2D eigenvalue weighted by Gasteiger charge is -2.63. The van der Waals surface area contributed by atoms with Gasteiger partial charge in [-0.25, -0.2) is 0 Å². The van der Waals surface area contributed by atoms with Crippen molar-refractivity contribution in [2.45, 2.75) is 155 Å². The first-order valence-electron chi connectivity index (χ1n) is 19.2. The van der Waals surface area contributed by atoms with Gasteiger partial charge >= 0.3 is 0 Å². The molecule has 4 saturated carbocycles. The Labute approximate surface area is 267 Å². The highest BCUT2D eigenvalue weighted by molar-refractivity contribution is 5.12. The van der Waals surface area contributed by atoms with E-state index in [0.29, 0.717) is 23.0 Å². The van der Waals surface area contributed by atoms with Gasteiger partial charge in [0.25, 0.3) is 0 Å². The van der Waals surface area contributed by atoms with E-state index < -0.39 is 0 Å². The van der Waals surface area contributed by atoms with Crippen LogP contribution in [0, 0.1) is 46.3 Å². The molecule has 4 rings (SSSR count). The van der Waals surface area contributed by atoms with Crippen molar-refractivity contribution in [3.8, 4) is 0 Å². The number of hydrogen-bond donors (Lipinski definition) is 3. The van der Waals surface area contributed by atoms with E-state index in [1.54, 1.807) is 0 Å². The smallest absolute Gasteiger partial charge is 0.0611 e. The highest BCUT2D eigenvalue weighted by Crippen LogP contribution is 2.68. The number of rotatable bonds is 20. The lowest BCUT2D eigenvalue weighted by molar-refractivity contribution is -0.191. The standard InChI is InChI=1S/C38H73N3O2/c1-5-6-7-8-9-10-23-41-24-11-14-29(2)32-15-16-33-36-34(18-20-38(32,33)4)37(3)19-17-31(42-25-12-21-39)27-30(37)28-35(36)43-26-13-22-40/h29-36,41H,5-28,39-40H2,1-4H3/t29-,30-,31-,32-,33?,34+,35-,36?,37+,38?/m1/s1. The molecule has 5 heteroatoms. The summed E-state index contributed by atoms with van der Waals surface area (Å²) in [4.78, 5) is 0. The lowest BCUT2D eigenvalue weighted by Crippen LogP contribution is -2.59. The van der Waals surface area contributed by atoms with Crippen LogP contribution >= 0.6 is 0 Å². The zero-order chi connectivity index (χ0) is 30.7. The summed E-state index contributed by atoms with van der Waals surface area (Å²) in [6.07, 6.45) is 24.5. The van der Waals surface area contributed by atoms with Crippen molar-refractivity contribution in [3.05, 3.63) is 0 Å². The molecule has 4 aliphatic rings. The molecule has 4 fully saturated rings. The first-order chi connectivity index (χ1) is 20.9. The van der Waals surface area contributed by atoms with Crippen molar-refractivity contribution < 1.29 is 9.47 Å². The zero-order valence-electron chi connectivity index (χ0n) is 29.1. The maximum atomic E-state index is 6.86. The molecule has 43 heavy (non-hydrogen) atoms. The summed E-state index contributed by atoms with van der Waals surface area (Å²) in [6.45, 7) is 15.8. The summed E-state index contributed by atoms with van der Waals surface area (Å²) < 4.78 is 13.2. The molecule has 0 bridgehead atoms. The first-order valence-corrected chi connectivity index (χ1v) is 19.2. The Hall–Kier alpha value is -0.200. The van der Waals surface area contributed by atoms with Crippen molar-refractivity contribution >= 4 is 0 Å². The minimum atomic E-state index is 0.405. The molecule has 0 amide bonds. The normalized spacial score (nSPS) is 38.0. The third kappa shape index (κ3) is 8.79. The molecule has 0 heterocycles. The molecule has 0 aromatic heterocycles. The molecular formula is C38H73N3O2. The van der Waals surface area contributed by atoms with Crippen LogP contribution in [0.2, 0.25) is 0 Å². The van der Waals surface area contributed by atoms with E-state index in [9.17, 15) is 0 Å². The van der Waals surface area contributed by atoms with Crippen LogP contribution < -0.4 is 16.8 Å². The van der Waals surface area contributed by atoms with Crippen LogP contribution in [-0.4, -0.2) is 51.6 Å². The van der Waals surface area contributed by atoms with Gasteiger partial charge in [0.05, 0.1) is 12.2 Å². The molecule has 0 spiro atoms. The van der Waals surface area contributed by atoms with Gasteiger partial charge in [-0.1, -0.05) is 59.8 Å². The Morgan fingerprint density at radius 2 is 1.42 bits per heavy atom. The molecule has 0 saturated heterocycles. The van der Waals surface area contributed by atoms with Crippen LogP contribution in [0.15, 0.2) is 0 Å². The molecule has 0 aromatic rings. The first kappa shape index (κ1) is 35.7. The van der Waals surface area contributed by atoms with Gasteiger partial charge in [0.15, 0.2) is 0 Å². The van der Waals surface area contributed by atoms with E-state index in [4.69, 9.17) is 20.9 Å². The zero-order valence-corrected chi connectivity index (χ0v) is 29.1. The number of fused-ring (bicyclic) bond motifs is 5. The Bertz CT molecular complexity index is 780. The summed E-state index contributed by atoms with van der Waals surface area (Å²) >= 11 is 0. The van der Waals surface area contributed by atoms with Crippen molar-refractivity contribution in [3.63, 3.8) is 0 Å². The summed E-state index contributed by atoms with van der Waals surface area (Å²) in [6, 6.07) is 0. The van der Waals surface area contributed by atoms with E-state index in [2.05, 4.69) is 33.0 Å². The average Bonchev–Trinajstić information content (AvgIpc) is 3.36. The Kier molecular flexibility index (Phi) is 14.6. The van der Waals surface area contributed by atoms with E-state index in [0.717, 1.165) is 74.7 Å². The second-order valence-corrected chi connectivity index (χ2v) is 16.1. The van der Waals surface area contributed by atoms with Gasteiger partial charge < -0.3 is 26.3 Å². The van der Waals surface area contributed by atoms with Crippen molar-refractivity contribution in [1.29, 1.82) is 0 Å². The molecule has 10 atom stereocenters. The van der Waals surface area contributed by atoms with Gasteiger partial charge in [-0.3, -0.25) is 0 Å². The van der Waals surface area contributed by atoms with Crippen molar-refractivity contribution in [2.24, 2.45) is 57.8 Å². The van der Waals surface area contributed by atoms with Crippen LogP contribution in [0.3, 0.4) is 0 Å². The Balaban J connectivity index is 1.34. The van der Waals surface area contributed by atoms with Gasteiger partial charge in [0, 0.05) is 13.2 Å². The molecular weight excluding hydrogens is 530 g/mol. The molecule has 0 radical (unpaired) electrons. The van der Waals surface area contributed by atoms with Gasteiger partial charge in [0.2, 0.25) is 0 Å². The molecule has 252 valence electrons. The fourth-order valence-corrected chi connectivity index (χ4v) is 11.0. The molecule has 0 aromatic carbocycles. The lowest BCUT2D eigenvalue weighted by atomic mass is 9.43. The number of hydrogen-bond acceptors (Lipinski definition) is 5. The van der Waals surface area contributed by atoms with Crippen molar-refractivity contribution in [2.75, 3.05) is 39.4 Å². The van der Waals surface area contributed by atoms with Gasteiger partial charge in [0.1, 0.15) is 0 Å². The maximum absolute atomic E-state index is 6.86. The van der Waals surface area contributed by atoms with Crippen molar-refractivity contribution in [1.82, 2.24) is 5.32 Å². The average molecular weight is 604 g/mol. The fraction of sp³-hybridized carbons (Fsp3) is 1.00. The fourth-order valence-electron chi connectivity index (χ4n) is 11.0. The Morgan fingerprint density at radius 1 is 0.744 bits per heavy atom. The topological polar surface area (TPSA) is 82.5 Å². The van der Waals surface area contributed by atoms with Crippen LogP contribution in [0.4, 0.5) is 0 Å². The van der Waals surface area contributed by atoms with E-state index in [1.807, 2.05) is 0 Å². The quantitative estimate of drug-likeness (QED) is 0.123. The maximum Gasteiger partial charge on any atom is 0.0611 e. The monoisotopic (exact) mass is 604 g/mol. The highest BCUT2D eigenvalue weighted by atomic mass is 16.5. The van der Waals surface area contributed by atoms with E-state index in [-0.39, 0.29) is 0 Å². The predicted octanol–water partition coefficient (Wildman–Crippen LogP) is 8.09. The second-order valence-electron chi connectivity index (χ2n) is 16.1. The van der Waals surface area contributed by atoms with Crippen LogP contribution in [0.1, 0.15) is 143 Å². The summed E-state index contributed by atoms with van der Waals surface area (Å²) in [5, 5.41) is 3.76. The van der Waals surface area contributed by atoms with Crippen LogP contribution in [0.5, 0.6) is 0 Å². The van der Waals surface area contributed by atoms with E-state index in [1.165, 1.54) is 116 Å². The highest BCUT2D eigenvalue weighted by Gasteiger charge is 2.63. The SMILES string of the molecule is CCCCCCCCNCCC[C@@H](C)[C@H]1CCC2C3[C@H](OCCCN)C[C@H]4C[C@H](OCCCN)CC[C@]4(C)[C@H]3CCC21C. The predicted molar refractivity (Wildman–Crippen MR) is 182 cm³/mol. The minimum absolute atomic E-state index is 0.405. The number of unbranched alkanes of at least 4 members (excludes halogenated alkanes) is 5. The third-order valence-corrected chi connectivity index (χ3v) is 13.5. The molecule has 5 N–H and O–H groups in total. The van der Waals surface area contributed by atoms with E-state index >= 15 is 0 Å². The second kappa shape index (κ2) is 17.6. The number of nitrogens with one attached hydrogen (secondary N) is 1. The number of ether oxygens (including phenoxy) is 2. The molecule has 5 nitrogen and oxygen atoms in total. The third-order valence-electron chi connectivity index (χ3n) is 13.5. The van der Waals surface area contributed by atoms with Crippen LogP contribution in [0.25, 0.3) is 0 Å². The summed E-state index contributed by atoms with van der Waals surface area (Å²) in [5.41, 5.74) is 12.6. The Morgan fingerprint density at radius 3 is 2.19 bits per heavy atom. The molecule has 3 unspecified atom stereocenters. The molecule has 4 aliphatic carbocycles. The molecule has 0 aliphatic heterocycles.